The van der Waals surface area contributed by atoms with Gasteiger partial charge in [-0.2, -0.15) is 8.42 Å². The molecule has 0 fully saturated rings. The van der Waals surface area contributed by atoms with Crippen LogP contribution in [0.5, 0.6) is 0 Å². The lowest BCUT2D eigenvalue weighted by molar-refractivity contribution is 0.464. The first-order valence-electron chi connectivity index (χ1n) is 4.68. The number of hydrogen-bond acceptors (Lipinski definition) is 3. The number of hydrogen-bond donors (Lipinski definition) is 2. The van der Waals surface area contributed by atoms with Gasteiger partial charge in [-0.05, 0) is 25.5 Å². The van der Waals surface area contributed by atoms with Crippen LogP contribution in [0.15, 0.2) is 24.3 Å². The molecule has 1 rings (SSSR count). The van der Waals surface area contributed by atoms with Crippen molar-refractivity contribution >= 4 is 10.1 Å². The minimum atomic E-state index is -4.07. The van der Waals surface area contributed by atoms with E-state index < -0.39 is 15.4 Å². The lowest BCUT2D eigenvalue weighted by atomic mass is 10.1. The van der Waals surface area contributed by atoms with Crippen LogP contribution in [-0.4, -0.2) is 19.5 Å². The van der Waals surface area contributed by atoms with Gasteiger partial charge in [-0.15, -0.1) is 0 Å². The Morgan fingerprint density at radius 2 is 1.87 bits per heavy atom. The molecule has 1 atom stereocenters. The Bertz CT molecular complexity index is 411. The molecule has 0 spiro atoms. The molecule has 0 amide bonds. The van der Waals surface area contributed by atoms with Crippen LogP contribution < -0.4 is 5.73 Å². The van der Waals surface area contributed by atoms with Crippen LogP contribution in [0.4, 0.5) is 0 Å². The molecule has 1 aromatic carbocycles. The Morgan fingerprint density at radius 3 is 2.27 bits per heavy atom. The van der Waals surface area contributed by atoms with Gasteiger partial charge in [0.2, 0.25) is 0 Å². The summed E-state index contributed by atoms with van der Waals surface area (Å²) in [7, 11) is -4.07. The Morgan fingerprint density at radius 1 is 1.33 bits per heavy atom. The van der Waals surface area contributed by atoms with Crippen molar-refractivity contribution in [3.8, 4) is 0 Å². The third kappa shape index (κ3) is 3.30. The maximum absolute atomic E-state index is 11.1. The van der Waals surface area contributed by atoms with Gasteiger partial charge in [0.05, 0.1) is 0 Å². The molecule has 0 aliphatic carbocycles. The van der Waals surface area contributed by atoms with E-state index in [1.807, 2.05) is 19.1 Å². The first kappa shape index (κ1) is 12.2. The molecule has 0 saturated carbocycles. The van der Waals surface area contributed by atoms with Gasteiger partial charge in [0.25, 0.3) is 10.1 Å². The standard InChI is InChI=1S/C10H15NO3S/c1-8-2-4-9(5-3-8)10(6-7-11)15(12,13)14/h2-5,10H,6-7,11H2,1H3,(H,12,13,14). The number of nitrogens with two attached hydrogens (primary N) is 1. The van der Waals surface area contributed by atoms with Crippen LogP contribution in [0.2, 0.25) is 0 Å². The lowest BCUT2D eigenvalue weighted by Crippen LogP contribution is -2.16. The number of benzene rings is 1. The summed E-state index contributed by atoms with van der Waals surface area (Å²) in [5, 5.41) is -0.914. The van der Waals surface area contributed by atoms with E-state index in [0.717, 1.165) is 5.56 Å². The Hall–Kier alpha value is -0.910. The second kappa shape index (κ2) is 4.74. The predicted molar refractivity (Wildman–Crippen MR) is 59.1 cm³/mol. The monoisotopic (exact) mass is 229 g/mol. The Labute approximate surface area is 89.9 Å². The van der Waals surface area contributed by atoms with Gasteiger partial charge in [-0.3, -0.25) is 4.55 Å². The minimum absolute atomic E-state index is 0.221. The Balaban J connectivity index is 3.05. The van der Waals surface area contributed by atoms with E-state index in [-0.39, 0.29) is 13.0 Å². The van der Waals surface area contributed by atoms with E-state index in [4.69, 9.17) is 10.3 Å². The van der Waals surface area contributed by atoms with E-state index >= 15 is 0 Å². The molecule has 1 aromatic rings. The van der Waals surface area contributed by atoms with Gasteiger partial charge < -0.3 is 5.73 Å². The van der Waals surface area contributed by atoms with Gasteiger partial charge in [-0.1, -0.05) is 29.8 Å². The highest BCUT2D eigenvalue weighted by atomic mass is 32.2. The summed E-state index contributed by atoms with van der Waals surface area (Å²) in [5.41, 5.74) is 6.94. The largest absolute Gasteiger partial charge is 0.330 e. The third-order valence-electron chi connectivity index (χ3n) is 2.24. The molecule has 0 saturated heterocycles. The van der Waals surface area contributed by atoms with Gasteiger partial charge >= 0.3 is 0 Å². The highest BCUT2D eigenvalue weighted by Crippen LogP contribution is 2.24. The molecule has 0 aromatic heterocycles. The summed E-state index contributed by atoms with van der Waals surface area (Å²) in [6.45, 7) is 2.13. The van der Waals surface area contributed by atoms with Gasteiger partial charge in [0, 0.05) is 0 Å². The topological polar surface area (TPSA) is 80.4 Å². The fraction of sp³-hybridized carbons (Fsp3) is 0.400. The van der Waals surface area contributed by atoms with Crippen molar-refractivity contribution in [3.63, 3.8) is 0 Å². The zero-order valence-electron chi connectivity index (χ0n) is 8.55. The summed E-state index contributed by atoms with van der Waals surface area (Å²) < 4.78 is 31.3. The van der Waals surface area contributed by atoms with E-state index in [1.54, 1.807) is 12.1 Å². The van der Waals surface area contributed by atoms with Crippen LogP contribution in [0.1, 0.15) is 22.8 Å². The molecule has 0 heterocycles. The lowest BCUT2D eigenvalue weighted by Gasteiger charge is -2.13. The molecule has 0 aliphatic heterocycles. The predicted octanol–water partition coefficient (Wildman–Crippen LogP) is 1.27. The molecule has 3 N–H and O–H groups in total. The van der Waals surface area contributed by atoms with Crippen LogP contribution in [0, 0.1) is 6.92 Å². The van der Waals surface area contributed by atoms with Gasteiger partial charge in [-0.25, -0.2) is 0 Å². The fourth-order valence-corrected chi connectivity index (χ4v) is 2.36. The average molecular weight is 229 g/mol. The maximum Gasteiger partial charge on any atom is 0.272 e. The summed E-state index contributed by atoms with van der Waals surface area (Å²) in [6, 6.07) is 7.01. The first-order chi connectivity index (χ1) is 6.95. The van der Waals surface area contributed by atoms with Crippen LogP contribution in [0.3, 0.4) is 0 Å². The molecule has 0 aliphatic rings. The highest BCUT2D eigenvalue weighted by molar-refractivity contribution is 7.86. The molecule has 5 heteroatoms. The van der Waals surface area contributed by atoms with Crippen molar-refractivity contribution in [2.24, 2.45) is 5.73 Å². The van der Waals surface area contributed by atoms with E-state index in [0.29, 0.717) is 5.56 Å². The molecule has 15 heavy (non-hydrogen) atoms. The van der Waals surface area contributed by atoms with Crippen molar-refractivity contribution in [2.45, 2.75) is 18.6 Å². The molecule has 0 bridgehead atoms. The molecular formula is C10H15NO3S. The molecule has 1 unspecified atom stereocenters. The van der Waals surface area contributed by atoms with Crippen molar-refractivity contribution in [1.82, 2.24) is 0 Å². The molecular weight excluding hydrogens is 214 g/mol. The van der Waals surface area contributed by atoms with Gasteiger partial charge in [0.1, 0.15) is 5.25 Å². The van der Waals surface area contributed by atoms with Crippen molar-refractivity contribution < 1.29 is 13.0 Å². The second-order valence-electron chi connectivity index (χ2n) is 3.49. The zero-order valence-corrected chi connectivity index (χ0v) is 9.37. The summed E-state index contributed by atoms with van der Waals surface area (Å²) in [4.78, 5) is 0. The minimum Gasteiger partial charge on any atom is -0.330 e. The quantitative estimate of drug-likeness (QED) is 0.762. The Kier molecular flexibility index (Phi) is 3.84. The first-order valence-corrected chi connectivity index (χ1v) is 6.18. The highest BCUT2D eigenvalue weighted by Gasteiger charge is 2.23. The van der Waals surface area contributed by atoms with Gasteiger partial charge in [0.15, 0.2) is 0 Å². The second-order valence-corrected chi connectivity index (χ2v) is 5.09. The number of aryl methyl sites for hydroxylation is 1. The van der Waals surface area contributed by atoms with Crippen LogP contribution >= 0.6 is 0 Å². The summed E-state index contributed by atoms with van der Waals surface area (Å²) in [5.74, 6) is 0. The molecule has 84 valence electrons. The normalized spacial score (nSPS) is 13.8. The summed E-state index contributed by atoms with van der Waals surface area (Å²) >= 11 is 0. The van der Waals surface area contributed by atoms with E-state index in [1.165, 1.54) is 0 Å². The summed E-state index contributed by atoms with van der Waals surface area (Å²) in [6.07, 6.45) is 0.224. The molecule has 0 radical (unpaired) electrons. The smallest absolute Gasteiger partial charge is 0.272 e. The number of rotatable bonds is 4. The average Bonchev–Trinajstić information content (AvgIpc) is 2.14. The third-order valence-corrected chi connectivity index (χ3v) is 3.46. The van der Waals surface area contributed by atoms with Crippen molar-refractivity contribution in [2.75, 3.05) is 6.54 Å². The fourth-order valence-electron chi connectivity index (χ4n) is 1.42. The van der Waals surface area contributed by atoms with Crippen molar-refractivity contribution in [1.29, 1.82) is 0 Å². The van der Waals surface area contributed by atoms with E-state index in [9.17, 15) is 8.42 Å². The van der Waals surface area contributed by atoms with Crippen LogP contribution in [0.25, 0.3) is 0 Å². The molecule has 4 nitrogen and oxygen atoms in total. The van der Waals surface area contributed by atoms with Crippen molar-refractivity contribution in [3.05, 3.63) is 35.4 Å². The van der Waals surface area contributed by atoms with E-state index in [2.05, 4.69) is 0 Å². The zero-order chi connectivity index (χ0) is 11.5. The maximum atomic E-state index is 11.1. The van der Waals surface area contributed by atoms with Crippen LogP contribution in [-0.2, 0) is 10.1 Å². The SMILES string of the molecule is Cc1ccc(C(CCN)S(=O)(=O)O)cc1.